The molecule has 0 aromatic rings. The Morgan fingerprint density at radius 3 is 2.16 bits per heavy atom. The van der Waals surface area contributed by atoms with E-state index in [1.165, 1.54) is 52.0 Å². The summed E-state index contributed by atoms with van der Waals surface area (Å²) in [6.45, 7) is 14.2. The molecule has 0 amide bonds. The Labute approximate surface area is 119 Å². The first-order valence-corrected chi connectivity index (χ1v) is 7.95. The molecule has 1 aliphatic heterocycles. The van der Waals surface area contributed by atoms with Gasteiger partial charge in [-0.05, 0) is 31.8 Å². The van der Waals surface area contributed by atoms with Crippen molar-refractivity contribution in [2.45, 2.75) is 33.1 Å². The third-order valence-corrected chi connectivity index (χ3v) is 3.65. The molecule has 0 bridgehead atoms. The zero-order valence-electron chi connectivity index (χ0n) is 12.9. The Balaban J connectivity index is 1.96. The van der Waals surface area contributed by atoms with Crippen molar-refractivity contribution in [3.63, 3.8) is 0 Å². The Bertz CT molecular complexity index is 204. The van der Waals surface area contributed by atoms with Crippen molar-refractivity contribution in [1.29, 1.82) is 0 Å². The van der Waals surface area contributed by atoms with E-state index in [0.29, 0.717) is 5.92 Å². The van der Waals surface area contributed by atoms with E-state index in [1.54, 1.807) is 0 Å². The minimum absolute atomic E-state index is 0.644. The van der Waals surface area contributed by atoms with Gasteiger partial charge >= 0.3 is 0 Å². The van der Waals surface area contributed by atoms with Gasteiger partial charge in [0, 0.05) is 39.3 Å². The number of nitrogens with zero attached hydrogens (tertiary/aromatic N) is 2. The third-order valence-electron chi connectivity index (χ3n) is 3.65. The Morgan fingerprint density at radius 1 is 0.947 bits per heavy atom. The monoisotopic (exact) mass is 271 g/mol. The summed E-state index contributed by atoms with van der Waals surface area (Å²) in [6, 6.07) is 0. The van der Waals surface area contributed by atoms with Crippen LogP contribution in [-0.2, 0) is 4.74 Å². The normalized spacial score (nSPS) is 18.3. The van der Waals surface area contributed by atoms with E-state index >= 15 is 0 Å². The number of hydrogen-bond acceptors (Lipinski definition) is 4. The van der Waals surface area contributed by atoms with Crippen LogP contribution in [0.2, 0.25) is 0 Å². The van der Waals surface area contributed by atoms with Crippen molar-refractivity contribution in [2.75, 3.05) is 59.0 Å². The van der Waals surface area contributed by atoms with Gasteiger partial charge in [-0.1, -0.05) is 20.3 Å². The van der Waals surface area contributed by atoms with Crippen molar-refractivity contribution in [1.82, 2.24) is 9.80 Å². The van der Waals surface area contributed by atoms with Crippen LogP contribution in [0.1, 0.15) is 33.1 Å². The number of hydrogen-bond donors (Lipinski definition) is 1. The van der Waals surface area contributed by atoms with Crippen LogP contribution in [0.5, 0.6) is 0 Å². The van der Waals surface area contributed by atoms with E-state index in [9.17, 15) is 0 Å². The quantitative estimate of drug-likeness (QED) is 0.610. The van der Waals surface area contributed by atoms with Gasteiger partial charge in [-0.2, -0.15) is 0 Å². The second kappa shape index (κ2) is 10.6. The van der Waals surface area contributed by atoms with Gasteiger partial charge in [0.2, 0.25) is 0 Å². The molecule has 0 spiro atoms. The van der Waals surface area contributed by atoms with E-state index < -0.39 is 0 Å². The van der Waals surface area contributed by atoms with Gasteiger partial charge in [0.1, 0.15) is 0 Å². The Hall–Kier alpha value is -0.160. The first kappa shape index (κ1) is 16.9. The van der Waals surface area contributed by atoms with Gasteiger partial charge in [0.15, 0.2) is 0 Å². The SMILES string of the molecule is CC(C)COCCN1CCN(CCCCCN)CC1. The maximum atomic E-state index is 5.65. The highest BCUT2D eigenvalue weighted by atomic mass is 16.5. The standard InChI is InChI=1S/C15H33N3O/c1-15(2)14-19-13-12-18-10-8-17(9-11-18)7-5-3-4-6-16/h15H,3-14,16H2,1-2H3. The van der Waals surface area contributed by atoms with Crippen molar-refractivity contribution < 1.29 is 4.74 Å². The molecule has 1 rings (SSSR count). The molecule has 4 heteroatoms. The highest BCUT2D eigenvalue weighted by molar-refractivity contribution is 4.71. The van der Waals surface area contributed by atoms with Crippen LogP contribution >= 0.6 is 0 Å². The first-order chi connectivity index (χ1) is 9.22. The zero-order valence-corrected chi connectivity index (χ0v) is 12.9. The molecule has 114 valence electrons. The third kappa shape index (κ3) is 8.58. The minimum atomic E-state index is 0.644. The van der Waals surface area contributed by atoms with Gasteiger partial charge in [0.25, 0.3) is 0 Å². The number of nitrogens with two attached hydrogens (primary N) is 1. The molecule has 1 saturated heterocycles. The summed E-state index contributed by atoms with van der Waals surface area (Å²) < 4.78 is 5.65. The molecule has 0 atom stereocenters. The minimum Gasteiger partial charge on any atom is -0.380 e. The van der Waals surface area contributed by atoms with Crippen LogP contribution < -0.4 is 5.73 Å². The average Bonchev–Trinajstić information content (AvgIpc) is 2.41. The van der Waals surface area contributed by atoms with Crippen LogP contribution in [-0.4, -0.2) is 68.8 Å². The Morgan fingerprint density at radius 2 is 1.58 bits per heavy atom. The molecule has 4 nitrogen and oxygen atoms in total. The number of ether oxygens (including phenoxy) is 1. The molecule has 0 aromatic carbocycles. The zero-order chi connectivity index (χ0) is 13.9. The largest absolute Gasteiger partial charge is 0.380 e. The fourth-order valence-corrected chi connectivity index (χ4v) is 2.41. The van der Waals surface area contributed by atoms with Gasteiger partial charge in [0.05, 0.1) is 6.61 Å². The maximum absolute atomic E-state index is 5.65. The molecule has 1 heterocycles. The average molecular weight is 271 g/mol. The summed E-state index contributed by atoms with van der Waals surface area (Å²) >= 11 is 0. The van der Waals surface area contributed by atoms with Crippen LogP contribution in [0, 0.1) is 5.92 Å². The van der Waals surface area contributed by atoms with Crippen molar-refractivity contribution >= 4 is 0 Å². The number of unbranched alkanes of at least 4 members (excludes halogenated alkanes) is 2. The summed E-state index contributed by atoms with van der Waals surface area (Å²) in [4.78, 5) is 5.11. The molecular weight excluding hydrogens is 238 g/mol. The highest BCUT2D eigenvalue weighted by Gasteiger charge is 2.15. The van der Waals surface area contributed by atoms with Crippen molar-refractivity contribution in [3.05, 3.63) is 0 Å². The fourth-order valence-electron chi connectivity index (χ4n) is 2.41. The summed E-state index contributed by atoms with van der Waals surface area (Å²) in [7, 11) is 0. The molecule has 0 saturated carbocycles. The van der Waals surface area contributed by atoms with Crippen LogP contribution in [0.25, 0.3) is 0 Å². The lowest BCUT2D eigenvalue weighted by atomic mass is 10.2. The second-order valence-electron chi connectivity index (χ2n) is 6.00. The summed E-state index contributed by atoms with van der Waals surface area (Å²) in [5.74, 6) is 0.644. The molecule has 0 aliphatic carbocycles. The predicted molar refractivity (Wildman–Crippen MR) is 81.4 cm³/mol. The molecular formula is C15H33N3O. The molecule has 1 aliphatic rings. The summed E-state index contributed by atoms with van der Waals surface area (Å²) in [5, 5.41) is 0. The maximum Gasteiger partial charge on any atom is 0.0593 e. The van der Waals surface area contributed by atoms with Crippen molar-refractivity contribution in [3.8, 4) is 0 Å². The van der Waals surface area contributed by atoms with E-state index in [2.05, 4.69) is 23.6 Å². The topological polar surface area (TPSA) is 41.7 Å². The van der Waals surface area contributed by atoms with E-state index in [1.807, 2.05) is 0 Å². The summed E-state index contributed by atoms with van der Waals surface area (Å²) in [5.41, 5.74) is 5.51. The predicted octanol–water partition coefficient (Wildman–Crippen LogP) is 1.41. The van der Waals surface area contributed by atoms with Crippen LogP contribution in [0.3, 0.4) is 0 Å². The van der Waals surface area contributed by atoms with Gasteiger partial charge in [-0.15, -0.1) is 0 Å². The fraction of sp³-hybridized carbons (Fsp3) is 1.00. The van der Waals surface area contributed by atoms with Gasteiger partial charge < -0.3 is 15.4 Å². The van der Waals surface area contributed by atoms with E-state index in [-0.39, 0.29) is 0 Å². The van der Waals surface area contributed by atoms with Crippen molar-refractivity contribution in [2.24, 2.45) is 11.7 Å². The lowest BCUT2D eigenvalue weighted by molar-refractivity contribution is 0.0642. The lowest BCUT2D eigenvalue weighted by Crippen LogP contribution is -2.47. The van der Waals surface area contributed by atoms with E-state index in [0.717, 1.165) is 26.3 Å². The molecule has 0 unspecified atom stereocenters. The molecule has 0 aromatic heterocycles. The molecule has 1 fully saturated rings. The number of piperazine rings is 1. The number of rotatable bonds is 10. The lowest BCUT2D eigenvalue weighted by Gasteiger charge is -2.34. The van der Waals surface area contributed by atoms with E-state index in [4.69, 9.17) is 10.5 Å². The highest BCUT2D eigenvalue weighted by Crippen LogP contribution is 2.04. The van der Waals surface area contributed by atoms with Gasteiger partial charge in [-0.25, -0.2) is 0 Å². The molecule has 0 radical (unpaired) electrons. The van der Waals surface area contributed by atoms with Gasteiger partial charge in [-0.3, -0.25) is 4.90 Å². The van der Waals surface area contributed by atoms with Crippen LogP contribution in [0.4, 0.5) is 0 Å². The smallest absolute Gasteiger partial charge is 0.0593 e. The van der Waals surface area contributed by atoms with Crippen LogP contribution in [0.15, 0.2) is 0 Å². The molecule has 19 heavy (non-hydrogen) atoms. The summed E-state index contributed by atoms with van der Waals surface area (Å²) in [6.07, 6.45) is 3.75. The molecule has 2 N–H and O–H groups in total. The first-order valence-electron chi connectivity index (χ1n) is 7.95. The Kier molecular flexibility index (Phi) is 9.43. The second-order valence-corrected chi connectivity index (χ2v) is 6.00.